The molecule has 1 fully saturated rings. The van der Waals surface area contributed by atoms with Gasteiger partial charge in [0.2, 0.25) is 0 Å². The van der Waals surface area contributed by atoms with E-state index < -0.39 is 24.3 Å². The monoisotopic (exact) mass is 476 g/mol. The molecule has 0 bridgehead atoms. The van der Waals surface area contributed by atoms with Crippen LogP contribution in [0.25, 0.3) is 16.5 Å². The maximum atomic E-state index is 13.5. The Morgan fingerprint density at radius 3 is 2.34 bits per heavy atom. The molecule has 4 rings (SSSR count). The van der Waals surface area contributed by atoms with Crippen molar-refractivity contribution in [2.75, 3.05) is 0 Å². The van der Waals surface area contributed by atoms with Gasteiger partial charge >= 0.3 is 13.1 Å². The Labute approximate surface area is 206 Å². The highest BCUT2D eigenvalue weighted by Gasteiger charge is 2.52. The first-order chi connectivity index (χ1) is 16.2. The normalized spacial score (nSPS) is 17.1. The van der Waals surface area contributed by atoms with E-state index in [0.29, 0.717) is 22.1 Å². The second-order valence-corrected chi connectivity index (χ2v) is 11.1. The molecule has 0 atom stereocenters. The Kier molecular flexibility index (Phi) is 6.18. The molecule has 0 unspecified atom stereocenters. The molecule has 1 aliphatic heterocycles. The van der Waals surface area contributed by atoms with Crippen molar-refractivity contribution < 1.29 is 18.8 Å². The van der Waals surface area contributed by atoms with Gasteiger partial charge in [-0.05, 0) is 62.3 Å². The van der Waals surface area contributed by atoms with Crippen LogP contribution in [-0.2, 0) is 30.9 Å². The molecule has 1 aromatic heterocycles. The molecule has 1 saturated heterocycles. The molecule has 0 radical (unpaired) electrons. The lowest BCUT2D eigenvalue weighted by Gasteiger charge is -2.32. The van der Waals surface area contributed by atoms with E-state index in [1.165, 1.54) is 11.6 Å². The summed E-state index contributed by atoms with van der Waals surface area (Å²) in [4.78, 5) is 25.2. The third-order valence-corrected chi connectivity index (χ3v) is 7.00. The van der Waals surface area contributed by atoms with Crippen LogP contribution in [0.1, 0.15) is 66.5 Å². The van der Waals surface area contributed by atoms with Gasteiger partial charge in [0.25, 0.3) is 5.56 Å². The number of hydrogen-bond donors (Lipinski definition) is 0. The Morgan fingerprint density at radius 1 is 1.09 bits per heavy atom. The molecule has 2 aromatic carbocycles. The van der Waals surface area contributed by atoms with Crippen LogP contribution in [0.4, 0.5) is 0 Å². The van der Waals surface area contributed by atoms with Gasteiger partial charge in [-0.2, -0.15) is 9.78 Å². The SMILES string of the molecule is CC(=O)OCc1c(B2OC(C)(C)C(C)(C)O2)cccc1-n1ncc2cc(C(C)(C)C)ccc2c1=O. The fraction of sp³-hybridized carbons (Fsp3) is 0.444. The fourth-order valence-corrected chi connectivity index (χ4v) is 4.10. The minimum atomic E-state index is -0.684. The van der Waals surface area contributed by atoms with E-state index in [4.69, 9.17) is 14.0 Å². The third kappa shape index (κ3) is 4.65. The van der Waals surface area contributed by atoms with Crippen molar-refractivity contribution in [3.05, 3.63) is 64.1 Å². The van der Waals surface area contributed by atoms with Gasteiger partial charge < -0.3 is 14.0 Å². The first kappa shape index (κ1) is 25.1. The zero-order valence-electron chi connectivity index (χ0n) is 21.8. The highest BCUT2D eigenvalue weighted by Crippen LogP contribution is 2.37. The van der Waals surface area contributed by atoms with Crippen molar-refractivity contribution in [2.45, 2.75) is 78.6 Å². The van der Waals surface area contributed by atoms with Crippen molar-refractivity contribution >= 4 is 29.3 Å². The summed E-state index contributed by atoms with van der Waals surface area (Å²) < 4.78 is 19.3. The lowest BCUT2D eigenvalue weighted by Crippen LogP contribution is -2.41. The number of nitrogens with zero attached hydrogens (tertiary/aromatic N) is 2. The highest BCUT2D eigenvalue weighted by molar-refractivity contribution is 6.62. The van der Waals surface area contributed by atoms with Crippen molar-refractivity contribution in [1.29, 1.82) is 0 Å². The van der Waals surface area contributed by atoms with E-state index in [2.05, 4.69) is 25.9 Å². The minimum absolute atomic E-state index is 0.0416. The number of benzene rings is 2. The number of rotatable bonds is 4. The number of hydrogen-bond acceptors (Lipinski definition) is 6. The smallest absolute Gasteiger partial charge is 0.461 e. The summed E-state index contributed by atoms with van der Waals surface area (Å²) in [5.74, 6) is -0.423. The molecule has 0 saturated carbocycles. The lowest BCUT2D eigenvalue weighted by molar-refractivity contribution is -0.142. The number of esters is 1. The molecule has 0 N–H and O–H groups in total. The third-order valence-electron chi connectivity index (χ3n) is 7.00. The Hall–Kier alpha value is -2.97. The topological polar surface area (TPSA) is 79.7 Å². The molecular formula is C27H33BN2O5. The van der Waals surface area contributed by atoms with Crippen molar-refractivity contribution in [2.24, 2.45) is 0 Å². The zero-order valence-corrected chi connectivity index (χ0v) is 21.8. The highest BCUT2D eigenvalue weighted by atomic mass is 16.7. The second kappa shape index (κ2) is 8.61. The molecule has 3 aromatic rings. The number of carbonyl (C=O) groups is 1. The quantitative estimate of drug-likeness (QED) is 0.418. The van der Waals surface area contributed by atoms with Gasteiger partial charge in [0, 0.05) is 17.9 Å². The minimum Gasteiger partial charge on any atom is -0.461 e. The molecule has 1 aliphatic rings. The standard InChI is InChI=1S/C27H33BN2O5/c1-17(31)33-16-21-22(28-34-26(5,6)27(7,8)35-28)10-9-11-23(21)30-24(32)20-13-12-19(25(2,3)4)14-18(20)15-29-30/h9-15H,16H2,1-8H3. The van der Waals surface area contributed by atoms with Crippen molar-refractivity contribution in [1.82, 2.24) is 9.78 Å². The molecule has 35 heavy (non-hydrogen) atoms. The maximum Gasteiger partial charge on any atom is 0.495 e. The van der Waals surface area contributed by atoms with Gasteiger partial charge in [-0.15, -0.1) is 0 Å². The second-order valence-electron chi connectivity index (χ2n) is 11.1. The molecule has 0 spiro atoms. The van der Waals surface area contributed by atoms with Crippen LogP contribution >= 0.6 is 0 Å². The summed E-state index contributed by atoms with van der Waals surface area (Å²) in [7, 11) is -0.684. The van der Waals surface area contributed by atoms with Crippen molar-refractivity contribution in [3.63, 3.8) is 0 Å². The van der Waals surface area contributed by atoms with Gasteiger partial charge in [0.1, 0.15) is 6.61 Å². The zero-order chi connectivity index (χ0) is 25.8. The molecule has 0 aliphatic carbocycles. The summed E-state index contributed by atoms with van der Waals surface area (Å²) in [5, 5.41) is 5.84. The maximum absolute atomic E-state index is 13.5. The van der Waals surface area contributed by atoms with Crippen LogP contribution in [0.3, 0.4) is 0 Å². The van der Waals surface area contributed by atoms with E-state index >= 15 is 0 Å². The summed E-state index contributed by atoms with van der Waals surface area (Å²) in [5.41, 5.74) is 1.56. The summed E-state index contributed by atoms with van der Waals surface area (Å²) in [6.07, 6.45) is 1.70. The predicted octanol–water partition coefficient (Wildman–Crippen LogP) is 4.05. The van der Waals surface area contributed by atoms with Gasteiger partial charge in [0.15, 0.2) is 0 Å². The number of carbonyl (C=O) groups excluding carboxylic acids is 1. The number of fused-ring (bicyclic) bond motifs is 1. The lowest BCUT2D eigenvalue weighted by atomic mass is 9.75. The van der Waals surface area contributed by atoms with E-state index in [9.17, 15) is 9.59 Å². The first-order valence-corrected chi connectivity index (χ1v) is 11.8. The van der Waals surface area contributed by atoms with Gasteiger partial charge in [-0.1, -0.05) is 39.0 Å². The van der Waals surface area contributed by atoms with Crippen LogP contribution in [0.15, 0.2) is 47.4 Å². The van der Waals surface area contributed by atoms with E-state index in [-0.39, 0.29) is 17.6 Å². The van der Waals surface area contributed by atoms with Crippen LogP contribution in [-0.4, -0.2) is 34.1 Å². The van der Waals surface area contributed by atoms with E-state index in [1.54, 1.807) is 12.3 Å². The predicted molar refractivity (Wildman–Crippen MR) is 137 cm³/mol. The Balaban J connectivity index is 1.87. The van der Waals surface area contributed by atoms with Gasteiger partial charge in [0.05, 0.1) is 28.5 Å². The van der Waals surface area contributed by atoms with E-state index in [0.717, 1.165) is 10.9 Å². The summed E-state index contributed by atoms with van der Waals surface area (Å²) >= 11 is 0. The number of ether oxygens (including phenoxy) is 1. The largest absolute Gasteiger partial charge is 0.495 e. The molecule has 8 heteroatoms. The Morgan fingerprint density at radius 2 is 1.74 bits per heavy atom. The molecule has 0 amide bonds. The average molecular weight is 476 g/mol. The van der Waals surface area contributed by atoms with Crippen molar-refractivity contribution in [3.8, 4) is 5.69 Å². The molecular weight excluding hydrogens is 443 g/mol. The number of aromatic nitrogens is 2. The van der Waals surface area contributed by atoms with Crippen LogP contribution in [0, 0.1) is 0 Å². The Bertz CT molecular complexity index is 1340. The van der Waals surface area contributed by atoms with Crippen LogP contribution < -0.4 is 11.0 Å². The summed E-state index contributed by atoms with van der Waals surface area (Å²) in [6.45, 7) is 15.6. The van der Waals surface area contributed by atoms with E-state index in [1.807, 2.05) is 58.0 Å². The van der Waals surface area contributed by atoms with Gasteiger partial charge in [-0.25, -0.2) is 0 Å². The molecule has 2 heterocycles. The van der Waals surface area contributed by atoms with Crippen LogP contribution in [0.5, 0.6) is 0 Å². The first-order valence-electron chi connectivity index (χ1n) is 11.8. The summed E-state index contributed by atoms with van der Waals surface area (Å²) in [6, 6.07) is 11.3. The average Bonchev–Trinajstić information content (AvgIpc) is 2.98. The van der Waals surface area contributed by atoms with Crippen LogP contribution in [0.2, 0.25) is 0 Å². The fourth-order valence-electron chi connectivity index (χ4n) is 4.10. The molecule has 7 nitrogen and oxygen atoms in total. The van der Waals surface area contributed by atoms with Gasteiger partial charge in [-0.3, -0.25) is 9.59 Å². The molecule has 184 valence electrons.